The van der Waals surface area contributed by atoms with E-state index in [1.165, 1.54) is 6.07 Å². The molecule has 6 nitrogen and oxygen atoms in total. The zero-order chi connectivity index (χ0) is 26.9. The van der Waals surface area contributed by atoms with E-state index in [-0.39, 0.29) is 42.3 Å². The fourth-order valence-corrected chi connectivity index (χ4v) is 6.01. The minimum absolute atomic E-state index is 0.0926. The molecule has 0 spiro atoms. The summed E-state index contributed by atoms with van der Waals surface area (Å²) in [5, 5.41) is 18.1. The molecule has 1 aliphatic heterocycles. The van der Waals surface area contributed by atoms with Gasteiger partial charge in [-0.15, -0.1) is 0 Å². The first kappa shape index (κ1) is 29.7. The Labute approximate surface area is 219 Å². The van der Waals surface area contributed by atoms with Crippen LogP contribution in [-0.2, 0) is 10.3 Å². The second-order valence-corrected chi connectivity index (χ2v) is 10.9. The van der Waals surface area contributed by atoms with Crippen LogP contribution < -0.4 is 10.6 Å². The summed E-state index contributed by atoms with van der Waals surface area (Å²) in [4.78, 5) is 15.0. The fraction of sp³-hybridized carbons (Fsp3) is 0.750. The van der Waals surface area contributed by atoms with Crippen LogP contribution in [0.2, 0.25) is 0 Å². The predicted molar refractivity (Wildman–Crippen MR) is 138 cm³/mol. The number of rotatable bonds is 12. The van der Waals surface area contributed by atoms with Gasteiger partial charge >= 0.3 is 6.03 Å². The summed E-state index contributed by atoms with van der Waals surface area (Å²) in [6.45, 7) is 2.00. The average molecular weight is 528 g/mol. The first-order valence-electron chi connectivity index (χ1n) is 13.7. The number of hydrogen-bond donors (Lipinski definition) is 3. The largest absolute Gasteiger partial charge is 0.385 e. The van der Waals surface area contributed by atoms with Crippen LogP contribution in [0.5, 0.6) is 0 Å². The first-order chi connectivity index (χ1) is 17.7. The summed E-state index contributed by atoms with van der Waals surface area (Å²) in [5.41, 5.74) is -1.11. The molecule has 2 aliphatic rings. The molecule has 0 aromatic heterocycles. The first-order valence-corrected chi connectivity index (χ1v) is 13.7. The molecule has 0 bridgehead atoms. The third-order valence-electron chi connectivity index (χ3n) is 8.11. The molecule has 1 aromatic carbocycles. The summed E-state index contributed by atoms with van der Waals surface area (Å²) >= 11 is 0. The van der Waals surface area contributed by atoms with E-state index in [1.54, 1.807) is 30.2 Å². The van der Waals surface area contributed by atoms with Crippen LogP contribution in [0.3, 0.4) is 0 Å². The van der Waals surface area contributed by atoms with Crippen molar-refractivity contribution < 1.29 is 27.8 Å². The van der Waals surface area contributed by atoms with Crippen molar-refractivity contribution in [2.75, 3.05) is 40.4 Å². The smallest absolute Gasteiger partial charge is 0.317 e. The van der Waals surface area contributed by atoms with Crippen molar-refractivity contribution in [2.24, 2.45) is 11.8 Å². The third kappa shape index (κ3) is 8.32. The molecule has 1 aliphatic carbocycles. The number of halogens is 3. The molecule has 3 N–H and O–H groups in total. The van der Waals surface area contributed by atoms with Gasteiger partial charge in [-0.2, -0.15) is 0 Å². The van der Waals surface area contributed by atoms with Gasteiger partial charge in [-0.05, 0) is 70.4 Å². The minimum Gasteiger partial charge on any atom is -0.385 e. The molecule has 210 valence electrons. The van der Waals surface area contributed by atoms with E-state index >= 15 is 0 Å². The molecule has 37 heavy (non-hydrogen) atoms. The van der Waals surface area contributed by atoms with Crippen LogP contribution in [0.1, 0.15) is 69.8 Å². The van der Waals surface area contributed by atoms with Crippen molar-refractivity contribution in [3.05, 3.63) is 35.6 Å². The molecule has 0 radical (unpaired) electrons. The minimum atomic E-state index is -2.57. The van der Waals surface area contributed by atoms with Gasteiger partial charge in [0.05, 0.1) is 5.60 Å². The highest BCUT2D eigenvalue weighted by Gasteiger charge is 2.43. The highest BCUT2D eigenvalue weighted by Crippen LogP contribution is 2.41. The number of urea groups is 1. The number of benzene rings is 1. The number of nitrogens with zero attached hydrogens (tertiary/aromatic N) is 1. The maximum atomic E-state index is 14.9. The number of amides is 2. The van der Waals surface area contributed by atoms with Crippen molar-refractivity contribution in [3.63, 3.8) is 0 Å². The Morgan fingerprint density at radius 3 is 2.65 bits per heavy atom. The third-order valence-corrected chi connectivity index (χ3v) is 8.11. The van der Waals surface area contributed by atoms with E-state index in [0.717, 1.165) is 6.42 Å². The molecule has 3 rings (SSSR count). The maximum absolute atomic E-state index is 14.9. The Morgan fingerprint density at radius 1 is 1.24 bits per heavy atom. The number of likely N-dealkylation sites (N-methyl/N-ethyl adjacent to an activating group) is 1. The van der Waals surface area contributed by atoms with Crippen molar-refractivity contribution in [1.29, 1.82) is 0 Å². The predicted octanol–water partition coefficient (Wildman–Crippen LogP) is 5.06. The second-order valence-electron chi connectivity index (χ2n) is 10.9. The number of likely N-dealkylation sites (tertiary alicyclic amines) is 1. The summed E-state index contributed by atoms with van der Waals surface area (Å²) < 4.78 is 47.2. The topological polar surface area (TPSA) is 73.8 Å². The number of nitrogens with one attached hydrogen (secondary N) is 2. The van der Waals surface area contributed by atoms with Crippen LogP contribution in [0, 0.1) is 17.7 Å². The summed E-state index contributed by atoms with van der Waals surface area (Å²) in [5.74, 6) is -3.16. The van der Waals surface area contributed by atoms with Crippen LogP contribution in [0.15, 0.2) is 24.3 Å². The van der Waals surface area contributed by atoms with Gasteiger partial charge in [-0.25, -0.2) is 18.0 Å². The van der Waals surface area contributed by atoms with Crippen LogP contribution in [0.25, 0.3) is 0 Å². The van der Waals surface area contributed by atoms with Crippen molar-refractivity contribution in [1.82, 2.24) is 15.5 Å². The molecule has 1 aromatic rings. The van der Waals surface area contributed by atoms with Gasteiger partial charge in [0.2, 0.25) is 5.92 Å². The highest BCUT2D eigenvalue weighted by molar-refractivity contribution is 5.74. The Morgan fingerprint density at radius 2 is 1.97 bits per heavy atom. The molecule has 1 saturated heterocycles. The van der Waals surface area contributed by atoms with Crippen molar-refractivity contribution in [3.8, 4) is 0 Å². The zero-order valence-electron chi connectivity index (χ0n) is 22.3. The number of methoxy groups -OCH3 is 1. The van der Waals surface area contributed by atoms with Gasteiger partial charge < -0.3 is 25.4 Å². The Kier molecular flexibility index (Phi) is 11.1. The van der Waals surface area contributed by atoms with Crippen LogP contribution in [-0.4, -0.2) is 68.4 Å². The zero-order valence-corrected chi connectivity index (χ0v) is 22.3. The van der Waals surface area contributed by atoms with Crippen LogP contribution >= 0.6 is 0 Å². The van der Waals surface area contributed by atoms with E-state index in [2.05, 4.69) is 10.6 Å². The number of ether oxygens (including phenoxy) is 1. The highest BCUT2D eigenvalue weighted by atomic mass is 19.3. The number of piperidine rings is 1. The van der Waals surface area contributed by atoms with Gasteiger partial charge in [0.1, 0.15) is 5.82 Å². The molecule has 3 atom stereocenters. The summed E-state index contributed by atoms with van der Waals surface area (Å²) in [6, 6.07) is 5.96. The van der Waals surface area contributed by atoms with Crippen LogP contribution in [0.4, 0.5) is 18.0 Å². The monoisotopic (exact) mass is 527 g/mol. The number of alkyl halides is 2. The van der Waals surface area contributed by atoms with E-state index in [0.29, 0.717) is 71.2 Å². The van der Waals surface area contributed by atoms with E-state index < -0.39 is 17.3 Å². The number of carbonyl (C=O) groups excluding carboxylic acids is 1. The quantitative estimate of drug-likeness (QED) is 0.333. The van der Waals surface area contributed by atoms with Gasteiger partial charge in [0.15, 0.2) is 0 Å². The molecule has 2 amide bonds. The van der Waals surface area contributed by atoms with Gasteiger partial charge in [0.25, 0.3) is 0 Å². The Hall–Kier alpha value is -1.84. The van der Waals surface area contributed by atoms with Gasteiger partial charge in [-0.3, -0.25) is 0 Å². The lowest BCUT2D eigenvalue weighted by atomic mass is 9.74. The number of aliphatic hydroxyl groups is 1. The molecule has 2 fully saturated rings. The molecule has 0 unspecified atom stereocenters. The molecular weight excluding hydrogens is 483 g/mol. The Balaban J connectivity index is 1.67. The normalized spacial score (nSPS) is 22.9. The second kappa shape index (κ2) is 13.8. The van der Waals surface area contributed by atoms with E-state index in [4.69, 9.17) is 4.74 Å². The van der Waals surface area contributed by atoms with E-state index in [9.17, 15) is 23.1 Å². The summed E-state index contributed by atoms with van der Waals surface area (Å²) in [6.07, 6.45) is 4.60. The SMILES string of the molecule is CNC[C@H](CC1CCC(F)(F)CC1)NC(=O)N1CCC[C@@H]([C@@](O)(CCCCOC)c2ccccc2F)C1. The van der Waals surface area contributed by atoms with Gasteiger partial charge in [-0.1, -0.05) is 18.2 Å². The fourth-order valence-electron chi connectivity index (χ4n) is 6.01. The molecular formula is C28H44F3N3O3. The van der Waals surface area contributed by atoms with Gasteiger partial charge in [0, 0.05) is 63.7 Å². The van der Waals surface area contributed by atoms with Crippen molar-refractivity contribution in [2.45, 2.75) is 81.8 Å². The number of carbonyl (C=O) groups is 1. The molecule has 9 heteroatoms. The van der Waals surface area contributed by atoms with Crippen molar-refractivity contribution >= 4 is 6.03 Å². The summed E-state index contributed by atoms with van der Waals surface area (Å²) in [7, 11) is 3.44. The average Bonchev–Trinajstić information content (AvgIpc) is 2.88. The lowest BCUT2D eigenvalue weighted by molar-refractivity contribution is -0.0590. The molecule has 1 saturated carbocycles. The van der Waals surface area contributed by atoms with E-state index in [1.807, 2.05) is 7.05 Å². The maximum Gasteiger partial charge on any atom is 0.317 e. The lowest BCUT2D eigenvalue weighted by Gasteiger charge is -2.43. The number of hydrogen-bond acceptors (Lipinski definition) is 4. The molecule has 1 heterocycles. The standard InChI is InChI=1S/C28H44F3N3O3/c1-32-19-23(18-21-11-14-27(30,31)15-12-21)33-26(35)34-16-7-8-22(20-34)28(36,13-5-6-17-37-2)24-9-3-4-10-25(24)29/h3-4,9-10,21-23,32,36H,5-8,11-20H2,1-2H3,(H,33,35)/t22-,23+,28+/m1/s1. The number of unbranched alkanes of at least 4 members (excludes halogenated alkanes) is 1. The Bertz CT molecular complexity index is 849. The lowest BCUT2D eigenvalue weighted by Crippen LogP contribution is -2.54.